The topological polar surface area (TPSA) is 71.1 Å². The molecule has 3 rings (SSSR count). The van der Waals surface area contributed by atoms with Crippen LogP contribution in [0.5, 0.6) is 0 Å². The van der Waals surface area contributed by atoms with Gasteiger partial charge in [-0.2, -0.15) is 5.10 Å². The quantitative estimate of drug-likeness (QED) is 0.671. The number of hydrogen-bond acceptors (Lipinski definition) is 4. The van der Waals surface area contributed by atoms with Gasteiger partial charge in [-0.3, -0.25) is 10.1 Å². The van der Waals surface area contributed by atoms with E-state index in [4.69, 9.17) is 10.1 Å². The van der Waals surface area contributed by atoms with Crippen LogP contribution in [0.15, 0.2) is 30.6 Å². The maximum Gasteiger partial charge on any atom is 0.218 e. The number of rotatable bonds is 3. The zero-order valence-electron chi connectivity index (χ0n) is 12.3. The number of fused-ring (bicyclic) bond motifs is 1. The number of ether oxygens (including phenoxy) is 1. The van der Waals surface area contributed by atoms with Crippen molar-refractivity contribution in [2.24, 2.45) is 7.05 Å². The van der Waals surface area contributed by atoms with Crippen molar-refractivity contribution in [3.05, 3.63) is 41.7 Å². The van der Waals surface area contributed by atoms with E-state index in [0.717, 1.165) is 28.7 Å². The Balaban J connectivity index is 1.97. The third kappa shape index (κ3) is 2.23. The van der Waals surface area contributed by atoms with Crippen molar-refractivity contribution in [2.75, 3.05) is 6.61 Å². The third-order valence-corrected chi connectivity index (χ3v) is 4.01. The molecule has 0 radical (unpaired) electrons. The molecule has 1 aromatic carbocycles. The van der Waals surface area contributed by atoms with Crippen LogP contribution in [0.3, 0.4) is 0 Å². The van der Waals surface area contributed by atoms with Gasteiger partial charge in [0.25, 0.3) is 0 Å². The molecule has 0 fully saturated rings. The van der Waals surface area contributed by atoms with Gasteiger partial charge in [0.05, 0.1) is 12.8 Å². The molecule has 110 valence electrons. The summed E-state index contributed by atoms with van der Waals surface area (Å²) >= 11 is 0. The fourth-order valence-corrected chi connectivity index (χ4v) is 2.90. The van der Waals surface area contributed by atoms with Crippen molar-refractivity contribution in [1.29, 1.82) is 5.41 Å². The smallest absolute Gasteiger partial charge is 0.218 e. The highest BCUT2D eigenvalue weighted by molar-refractivity contribution is 5.85. The Morgan fingerprint density at radius 2 is 2.29 bits per heavy atom. The standard InChI is InChI=1S/C16H19N3O2/c1-3-21-15(17)16(20)7-6-12-8-11(4-5-14(12)16)13-9-18-19(2)10-13/h4-5,8-10,17,20H,3,6-7H2,1-2H3. The SMILES string of the molecule is CCOC(=N)C1(O)CCc2cc(-c3cnn(C)c3)ccc21. The minimum absolute atomic E-state index is 0.0575. The second-order valence-electron chi connectivity index (χ2n) is 5.40. The molecule has 1 aromatic heterocycles. The first kappa shape index (κ1) is 13.8. The fraction of sp³-hybridized carbons (Fsp3) is 0.375. The number of aryl methyl sites for hydroxylation is 2. The number of benzene rings is 1. The number of nitrogens with zero attached hydrogens (tertiary/aromatic N) is 2. The maximum absolute atomic E-state index is 10.7. The average Bonchev–Trinajstić information content (AvgIpc) is 3.04. The number of aromatic nitrogens is 2. The Morgan fingerprint density at radius 1 is 1.48 bits per heavy atom. The van der Waals surface area contributed by atoms with Crippen LogP contribution in [0.1, 0.15) is 24.5 Å². The molecule has 1 heterocycles. The molecule has 0 bridgehead atoms. The maximum atomic E-state index is 10.7. The molecule has 0 amide bonds. The van der Waals surface area contributed by atoms with Crippen LogP contribution in [0.4, 0.5) is 0 Å². The Bertz CT molecular complexity index is 693. The van der Waals surface area contributed by atoms with E-state index in [-0.39, 0.29) is 5.90 Å². The van der Waals surface area contributed by atoms with Gasteiger partial charge in [0.2, 0.25) is 5.90 Å². The van der Waals surface area contributed by atoms with Gasteiger partial charge in [-0.1, -0.05) is 18.2 Å². The highest BCUT2D eigenvalue weighted by Gasteiger charge is 2.42. The van der Waals surface area contributed by atoms with Crippen LogP contribution in [-0.4, -0.2) is 27.4 Å². The largest absolute Gasteiger partial charge is 0.479 e. The highest BCUT2D eigenvalue weighted by Crippen LogP contribution is 2.39. The molecule has 1 aliphatic carbocycles. The molecule has 5 nitrogen and oxygen atoms in total. The van der Waals surface area contributed by atoms with Crippen molar-refractivity contribution in [3.63, 3.8) is 0 Å². The minimum Gasteiger partial charge on any atom is -0.479 e. The lowest BCUT2D eigenvalue weighted by Gasteiger charge is -2.24. The number of nitrogens with one attached hydrogen (secondary N) is 1. The summed E-state index contributed by atoms with van der Waals surface area (Å²) in [5.74, 6) is -0.0575. The molecule has 1 aliphatic rings. The van der Waals surface area contributed by atoms with Crippen molar-refractivity contribution in [2.45, 2.75) is 25.4 Å². The summed E-state index contributed by atoms with van der Waals surface area (Å²) in [6.07, 6.45) is 5.03. The number of aliphatic hydroxyl groups is 1. The van der Waals surface area contributed by atoms with Gasteiger partial charge >= 0.3 is 0 Å². The van der Waals surface area contributed by atoms with E-state index in [1.54, 1.807) is 4.68 Å². The summed E-state index contributed by atoms with van der Waals surface area (Å²) < 4.78 is 6.99. The van der Waals surface area contributed by atoms with E-state index < -0.39 is 5.60 Å². The molecular weight excluding hydrogens is 266 g/mol. The van der Waals surface area contributed by atoms with E-state index in [1.807, 2.05) is 38.5 Å². The van der Waals surface area contributed by atoms with E-state index in [2.05, 4.69) is 11.2 Å². The van der Waals surface area contributed by atoms with E-state index >= 15 is 0 Å². The summed E-state index contributed by atoms with van der Waals surface area (Å²) in [5.41, 5.74) is 2.71. The molecule has 0 saturated carbocycles. The van der Waals surface area contributed by atoms with E-state index in [1.165, 1.54) is 0 Å². The lowest BCUT2D eigenvalue weighted by Crippen LogP contribution is -2.34. The first-order valence-corrected chi connectivity index (χ1v) is 7.11. The minimum atomic E-state index is -1.28. The Kier molecular flexibility index (Phi) is 3.29. The van der Waals surface area contributed by atoms with Gasteiger partial charge in [-0.15, -0.1) is 0 Å². The van der Waals surface area contributed by atoms with Gasteiger partial charge in [0.15, 0.2) is 5.60 Å². The van der Waals surface area contributed by atoms with Crippen LogP contribution in [-0.2, 0) is 23.8 Å². The molecule has 0 aliphatic heterocycles. The van der Waals surface area contributed by atoms with Crippen molar-refractivity contribution in [1.82, 2.24) is 9.78 Å². The molecule has 0 saturated heterocycles. The van der Waals surface area contributed by atoms with Crippen molar-refractivity contribution in [3.8, 4) is 11.1 Å². The predicted molar refractivity (Wildman–Crippen MR) is 80.2 cm³/mol. The summed E-state index contributed by atoms with van der Waals surface area (Å²) in [6.45, 7) is 2.21. The molecule has 1 unspecified atom stereocenters. The van der Waals surface area contributed by atoms with Gasteiger partial charge in [0.1, 0.15) is 0 Å². The Hall–Kier alpha value is -2.14. The first-order valence-electron chi connectivity index (χ1n) is 7.11. The first-order chi connectivity index (χ1) is 10.0. The van der Waals surface area contributed by atoms with Crippen LogP contribution in [0, 0.1) is 5.41 Å². The lowest BCUT2D eigenvalue weighted by molar-refractivity contribution is 0.0782. The summed E-state index contributed by atoms with van der Waals surface area (Å²) in [5, 5.41) is 22.9. The van der Waals surface area contributed by atoms with Crippen LogP contribution in [0.25, 0.3) is 11.1 Å². The van der Waals surface area contributed by atoms with E-state index in [0.29, 0.717) is 13.0 Å². The molecule has 0 spiro atoms. The second kappa shape index (κ2) is 5.00. The molecular formula is C16H19N3O2. The van der Waals surface area contributed by atoms with Crippen LogP contribution in [0.2, 0.25) is 0 Å². The van der Waals surface area contributed by atoms with Crippen LogP contribution < -0.4 is 0 Å². The van der Waals surface area contributed by atoms with Crippen molar-refractivity contribution < 1.29 is 9.84 Å². The predicted octanol–water partition coefficient (Wildman–Crippen LogP) is 2.23. The van der Waals surface area contributed by atoms with Crippen molar-refractivity contribution >= 4 is 5.90 Å². The Morgan fingerprint density at radius 3 is 2.95 bits per heavy atom. The fourth-order valence-electron chi connectivity index (χ4n) is 2.90. The normalized spacial score (nSPS) is 20.3. The third-order valence-electron chi connectivity index (χ3n) is 4.01. The Labute approximate surface area is 123 Å². The summed E-state index contributed by atoms with van der Waals surface area (Å²) in [4.78, 5) is 0. The number of hydrogen-bond donors (Lipinski definition) is 2. The average molecular weight is 285 g/mol. The highest BCUT2D eigenvalue weighted by atomic mass is 16.5. The summed E-state index contributed by atoms with van der Waals surface area (Å²) in [7, 11) is 1.89. The summed E-state index contributed by atoms with van der Waals surface area (Å²) in [6, 6.07) is 5.94. The zero-order valence-corrected chi connectivity index (χ0v) is 12.3. The molecule has 2 N–H and O–H groups in total. The molecule has 5 heteroatoms. The van der Waals surface area contributed by atoms with Crippen LogP contribution >= 0.6 is 0 Å². The molecule has 1 atom stereocenters. The van der Waals surface area contributed by atoms with Gasteiger partial charge < -0.3 is 9.84 Å². The molecule has 21 heavy (non-hydrogen) atoms. The zero-order chi connectivity index (χ0) is 15.0. The monoisotopic (exact) mass is 285 g/mol. The van der Waals surface area contributed by atoms with Gasteiger partial charge in [0, 0.05) is 18.8 Å². The lowest BCUT2D eigenvalue weighted by atomic mass is 9.94. The van der Waals surface area contributed by atoms with E-state index in [9.17, 15) is 5.11 Å². The van der Waals surface area contributed by atoms with Gasteiger partial charge in [-0.05, 0) is 36.5 Å². The van der Waals surface area contributed by atoms with Gasteiger partial charge in [-0.25, -0.2) is 0 Å². The second-order valence-corrected chi connectivity index (χ2v) is 5.40. The molecule has 2 aromatic rings.